The highest BCUT2D eigenvalue weighted by molar-refractivity contribution is 7.81. The van der Waals surface area contributed by atoms with Crippen LogP contribution in [0.2, 0.25) is 0 Å². The first-order chi connectivity index (χ1) is 7.22. The van der Waals surface area contributed by atoms with Crippen LogP contribution in [-0.4, -0.2) is 22.8 Å². The molecule has 16 heavy (non-hydrogen) atoms. The zero-order chi connectivity index (χ0) is 12.4. The Kier molecular flexibility index (Phi) is 4.02. The van der Waals surface area contributed by atoms with Crippen molar-refractivity contribution < 1.29 is 9.04 Å². The Morgan fingerprint density at radius 1 is 1.31 bits per heavy atom. The highest BCUT2D eigenvalue weighted by Crippen LogP contribution is 2.30. The summed E-state index contributed by atoms with van der Waals surface area (Å²) in [4.78, 5) is 3.74. The van der Waals surface area contributed by atoms with Crippen molar-refractivity contribution in [1.29, 1.82) is 0 Å². The predicted octanol–water partition coefficient (Wildman–Crippen LogP) is 1.97. The molecule has 0 unspecified atom stereocenters. The van der Waals surface area contributed by atoms with E-state index in [4.69, 9.17) is 4.65 Å². The van der Waals surface area contributed by atoms with E-state index in [-0.39, 0.29) is 10.6 Å². The minimum atomic E-state index is -0.456. The maximum absolute atomic E-state index is 12.9. The van der Waals surface area contributed by atoms with Crippen molar-refractivity contribution in [3.63, 3.8) is 0 Å². The first-order valence-corrected chi connectivity index (χ1v) is 5.51. The van der Waals surface area contributed by atoms with Gasteiger partial charge >= 0.3 is 7.48 Å². The number of thiol groups is 1. The molecule has 0 amide bonds. The fourth-order valence-corrected chi connectivity index (χ4v) is 0.905. The number of hydrogen-bond acceptors (Lipinski definition) is 3. The third kappa shape index (κ3) is 3.49. The summed E-state index contributed by atoms with van der Waals surface area (Å²) in [7, 11) is 1.51. The number of pyridine rings is 1. The van der Waals surface area contributed by atoms with Gasteiger partial charge in [-0.15, -0.1) is 0 Å². The maximum atomic E-state index is 12.9. The molecule has 0 saturated carbocycles. The Labute approximate surface area is 102 Å². The van der Waals surface area contributed by atoms with Gasteiger partial charge in [0.1, 0.15) is 5.82 Å². The average molecular weight is 240 g/mol. The van der Waals surface area contributed by atoms with E-state index in [1.54, 1.807) is 6.20 Å². The smallest absolute Gasteiger partial charge is 0.332 e. The lowest BCUT2D eigenvalue weighted by Crippen LogP contribution is -2.45. The van der Waals surface area contributed by atoms with Crippen LogP contribution in [0.5, 0.6) is 0 Å². The first-order valence-electron chi connectivity index (χ1n) is 5.06. The average Bonchev–Trinajstić information content (AvgIpc) is 2.13. The summed E-state index contributed by atoms with van der Waals surface area (Å²) in [6.45, 7) is 7.80. The van der Waals surface area contributed by atoms with Crippen LogP contribution in [0.1, 0.15) is 27.7 Å². The van der Waals surface area contributed by atoms with E-state index in [2.05, 4.69) is 17.6 Å². The van der Waals surface area contributed by atoms with E-state index in [1.165, 1.54) is 13.5 Å². The van der Waals surface area contributed by atoms with Crippen LogP contribution in [-0.2, 0) is 4.65 Å². The second-order valence-corrected chi connectivity index (χ2v) is 5.86. The van der Waals surface area contributed by atoms with Crippen LogP contribution in [0.25, 0.3) is 0 Å². The van der Waals surface area contributed by atoms with E-state index >= 15 is 0 Å². The van der Waals surface area contributed by atoms with Crippen LogP contribution < -0.4 is 5.46 Å². The van der Waals surface area contributed by atoms with Gasteiger partial charge < -0.3 is 4.65 Å². The zero-order valence-corrected chi connectivity index (χ0v) is 10.9. The Morgan fingerprint density at radius 2 is 1.94 bits per heavy atom. The van der Waals surface area contributed by atoms with Gasteiger partial charge in [0, 0.05) is 10.9 Å². The molecule has 1 heterocycles. The summed E-state index contributed by atoms with van der Waals surface area (Å²) >= 11 is 4.47. The summed E-state index contributed by atoms with van der Waals surface area (Å²) in [5.41, 5.74) is 0.147. The monoisotopic (exact) mass is 240 g/mol. The van der Waals surface area contributed by atoms with Gasteiger partial charge in [0.25, 0.3) is 0 Å². The van der Waals surface area contributed by atoms with Gasteiger partial charge in [0.15, 0.2) is 0 Å². The van der Waals surface area contributed by atoms with Gasteiger partial charge in [-0.3, -0.25) is 4.98 Å². The molecule has 0 fully saturated rings. The molecule has 1 radical (unpaired) electrons. The van der Waals surface area contributed by atoms with Crippen molar-refractivity contribution >= 4 is 25.6 Å². The molecule has 5 heteroatoms. The molecule has 0 aliphatic heterocycles. The van der Waals surface area contributed by atoms with Crippen molar-refractivity contribution in [3.05, 3.63) is 24.3 Å². The van der Waals surface area contributed by atoms with Gasteiger partial charge in [-0.1, -0.05) is 0 Å². The number of halogens is 1. The van der Waals surface area contributed by atoms with Gasteiger partial charge in [0.2, 0.25) is 0 Å². The standard InChI is InChI=1S/C11H16BFNOS/c1-10(2,11(3,4)16)15-12-8-5-9(13)7-14-6-8/h5-7,16H,1-4H3. The number of nitrogens with zero attached hydrogens (tertiary/aromatic N) is 1. The SMILES string of the molecule is CC(C)(S)C(C)(C)O[B]c1cncc(F)c1. The third-order valence-corrected chi connectivity index (χ3v) is 3.23. The van der Waals surface area contributed by atoms with Crippen LogP contribution >= 0.6 is 12.6 Å². The fourth-order valence-electron chi connectivity index (χ4n) is 0.852. The van der Waals surface area contributed by atoms with Crippen LogP contribution in [0.3, 0.4) is 0 Å². The minimum Gasteiger partial charge on any atom is -0.428 e. The van der Waals surface area contributed by atoms with Crippen molar-refractivity contribution in [2.24, 2.45) is 0 Å². The molecule has 2 nitrogen and oxygen atoms in total. The van der Waals surface area contributed by atoms with Crippen LogP contribution in [0.15, 0.2) is 18.5 Å². The molecule has 0 aromatic carbocycles. The number of aromatic nitrogens is 1. The van der Waals surface area contributed by atoms with E-state index in [0.717, 1.165) is 6.20 Å². The lowest BCUT2D eigenvalue weighted by Gasteiger charge is -2.38. The molecule has 1 aromatic rings. The van der Waals surface area contributed by atoms with Gasteiger partial charge in [-0.2, -0.15) is 12.6 Å². The molecule has 0 aliphatic carbocycles. The van der Waals surface area contributed by atoms with Crippen molar-refractivity contribution in [2.45, 2.75) is 38.0 Å². The van der Waals surface area contributed by atoms with Gasteiger partial charge in [0.05, 0.1) is 11.8 Å². The molecule has 0 aliphatic rings. The normalized spacial score (nSPS) is 12.6. The lowest BCUT2D eigenvalue weighted by molar-refractivity contribution is 0.0854. The molecule has 1 rings (SSSR count). The molecule has 1 aromatic heterocycles. The summed E-state index contributed by atoms with van der Waals surface area (Å²) in [5.74, 6) is -0.375. The Hall–Kier alpha value is -0.545. The predicted molar refractivity (Wildman–Crippen MR) is 67.8 cm³/mol. The zero-order valence-electron chi connectivity index (χ0n) is 9.99. The Balaban J connectivity index is 2.65. The molecule has 0 bridgehead atoms. The molecular weight excluding hydrogens is 224 g/mol. The first kappa shape index (κ1) is 13.5. The molecule has 0 spiro atoms. The van der Waals surface area contributed by atoms with E-state index in [1.807, 2.05) is 27.7 Å². The summed E-state index contributed by atoms with van der Waals surface area (Å²) in [6.07, 6.45) is 2.70. The largest absolute Gasteiger partial charge is 0.428 e. The lowest BCUT2D eigenvalue weighted by atomic mass is 9.85. The third-order valence-electron chi connectivity index (χ3n) is 2.69. The van der Waals surface area contributed by atoms with Gasteiger partial charge in [-0.25, -0.2) is 4.39 Å². The number of rotatable bonds is 4. The summed E-state index contributed by atoms with van der Waals surface area (Å²) < 4.78 is 18.2. The molecular formula is C11H16BFNOS. The topological polar surface area (TPSA) is 22.1 Å². The molecule has 87 valence electrons. The molecule has 0 saturated heterocycles. The van der Waals surface area contributed by atoms with Crippen molar-refractivity contribution in [1.82, 2.24) is 4.98 Å². The van der Waals surface area contributed by atoms with Gasteiger partial charge in [-0.05, 0) is 39.2 Å². The highest BCUT2D eigenvalue weighted by Gasteiger charge is 2.34. The van der Waals surface area contributed by atoms with Crippen molar-refractivity contribution in [3.8, 4) is 0 Å². The van der Waals surface area contributed by atoms with Crippen molar-refractivity contribution in [2.75, 3.05) is 0 Å². The molecule has 0 N–H and O–H groups in total. The quantitative estimate of drug-likeness (QED) is 0.642. The Morgan fingerprint density at radius 3 is 2.44 bits per heavy atom. The summed E-state index contributed by atoms with van der Waals surface area (Å²) in [6, 6.07) is 1.37. The van der Waals surface area contributed by atoms with Crippen LogP contribution in [0.4, 0.5) is 4.39 Å². The van der Waals surface area contributed by atoms with E-state index in [0.29, 0.717) is 5.46 Å². The Bertz CT molecular complexity index is 365. The maximum Gasteiger partial charge on any atom is 0.332 e. The second-order valence-electron chi connectivity index (χ2n) is 4.74. The fraction of sp³-hybridized carbons (Fsp3) is 0.545. The highest BCUT2D eigenvalue weighted by atomic mass is 32.1. The van der Waals surface area contributed by atoms with E-state index in [9.17, 15) is 4.39 Å². The second kappa shape index (κ2) is 4.76. The van der Waals surface area contributed by atoms with E-state index < -0.39 is 5.60 Å². The minimum absolute atomic E-state index is 0.301. The summed E-state index contributed by atoms with van der Waals surface area (Å²) in [5, 5.41) is 0. The molecule has 0 atom stereocenters. The number of hydrogen-bond donors (Lipinski definition) is 1. The van der Waals surface area contributed by atoms with Crippen LogP contribution in [0, 0.1) is 5.82 Å².